The highest BCUT2D eigenvalue weighted by Crippen LogP contribution is 2.31. The molecular weight excluding hydrogens is 663 g/mol. The van der Waals surface area contributed by atoms with Crippen LogP contribution in [0, 0.1) is 11.6 Å². The summed E-state index contributed by atoms with van der Waals surface area (Å²) in [6.45, 7) is -0.338. The quantitative estimate of drug-likeness (QED) is 0.0876. The molecule has 4 amide bonds. The van der Waals surface area contributed by atoms with E-state index in [9.17, 15) is 28.0 Å². The number of hydrogen-bond acceptors (Lipinski definition) is 10. The number of nitrogens with zero attached hydrogens (tertiary/aromatic N) is 4. The molecule has 0 radical (unpaired) electrons. The number of aliphatic imine (C=N–C) groups is 2. The van der Waals surface area contributed by atoms with Crippen molar-refractivity contribution in [2.24, 2.45) is 9.98 Å². The molecule has 0 bridgehead atoms. The number of benzene rings is 4. The molecule has 6 rings (SSSR count). The fourth-order valence-corrected chi connectivity index (χ4v) is 6.43. The SMILES string of the molecule is O=C1c2ccccc2C(=O)N1CCOC(=Nc1ccc(F)cc1)SSC(=Nc1ccc(F)cc1)OCCN1C(=O)c2ccccc2C1=O. The van der Waals surface area contributed by atoms with Crippen molar-refractivity contribution >= 4 is 67.1 Å². The molecule has 242 valence electrons. The van der Waals surface area contributed by atoms with E-state index in [-0.39, 0.29) is 36.8 Å². The Morgan fingerprint density at radius 3 is 1.15 bits per heavy atom. The van der Waals surface area contributed by atoms with Crippen LogP contribution in [0.3, 0.4) is 0 Å². The summed E-state index contributed by atoms with van der Waals surface area (Å²) in [5.74, 6) is -2.64. The van der Waals surface area contributed by atoms with Crippen LogP contribution in [0.25, 0.3) is 0 Å². The molecule has 2 aliphatic rings. The molecule has 14 heteroatoms. The van der Waals surface area contributed by atoms with Crippen LogP contribution in [0.2, 0.25) is 0 Å². The molecule has 0 aromatic heterocycles. The molecule has 0 spiro atoms. The van der Waals surface area contributed by atoms with Crippen molar-refractivity contribution < 1.29 is 37.4 Å². The van der Waals surface area contributed by atoms with Gasteiger partial charge in [-0.15, -0.1) is 0 Å². The normalized spacial score (nSPS) is 14.5. The second-order valence-electron chi connectivity index (χ2n) is 10.2. The first-order valence-corrected chi connectivity index (χ1v) is 16.6. The summed E-state index contributed by atoms with van der Waals surface area (Å²) in [6, 6.07) is 23.8. The molecule has 0 saturated heterocycles. The Labute approximate surface area is 280 Å². The van der Waals surface area contributed by atoms with E-state index in [1.54, 1.807) is 48.5 Å². The van der Waals surface area contributed by atoms with Crippen molar-refractivity contribution in [3.63, 3.8) is 0 Å². The number of halogens is 2. The monoisotopic (exact) mass is 686 g/mol. The number of hydrogen-bond donors (Lipinski definition) is 0. The van der Waals surface area contributed by atoms with Gasteiger partial charge in [-0.25, -0.2) is 18.8 Å². The van der Waals surface area contributed by atoms with Crippen molar-refractivity contribution in [3.05, 3.63) is 131 Å². The van der Waals surface area contributed by atoms with Crippen LogP contribution in [-0.2, 0) is 9.47 Å². The molecule has 0 aliphatic carbocycles. The number of amides is 4. The molecule has 0 fully saturated rings. The molecule has 2 aliphatic heterocycles. The zero-order chi connectivity index (χ0) is 33.6. The highest BCUT2D eigenvalue weighted by atomic mass is 33.1. The lowest BCUT2D eigenvalue weighted by Crippen LogP contribution is -2.33. The molecule has 48 heavy (non-hydrogen) atoms. The summed E-state index contributed by atoms with van der Waals surface area (Å²) in [7, 11) is 1.96. The predicted octanol–water partition coefficient (Wildman–Crippen LogP) is 6.65. The van der Waals surface area contributed by atoms with E-state index in [2.05, 4.69) is 9.98 Å². The molecule has 10 nitrogen and oxygen atoms in total. The predicted molar refractivity (Wildman–Crippen MR) is 178 cm³/mol. The van der Waals surface area contributed by atoms with Gasteiger partial charge in [0.15, 0.2) is 0 Å². The van der Waals surface area contributed by atoms with E-state index in [1.165, 1.54) is 48.5 Å². The van der Waals surface area contributed by atoms with E-state index in [0.717, 1.165) is 31.4 Å². The third kappa shape index (κ3) is 7.29. The molecule has 4 aromatic carbocycles. The largest absolute Gasteiger partial charge is 0.470 e. The summed E-state index contributed by atoms with van der Waals surface area (Å²) in [6.07, 6.45) is 0. The van der Waals surface area contributed by atoms with Gasteiger partial charge in [0.05, 0.1) is 46.7 Å². The first kappa shape index (κ1) is 32.6. The number of carbonyl (C=O) groups is 4. The van der Waals surface area contributed by atoms with Gasteiger partial charge in [0.1, 0.15) is 24.8 Å². The Kier molecular flexibility index (Phi) is 9.92. The Hall–Kier alpha value is -5.34. The highest BCUT2D eigenvalue weighted by Gasteiger charge is 2.36. The van der Waals surface area contributed by atoms with Gasteiger partial charge in [-0.3, -0.25) is 29.0 Å². The van der Waals surface area contributed by atoms with E-state index in [4.69, 9.17) is 9.47 Å². The van der Waals surface area contributed by atoms with Crippen molar-refractivity contribution in [2.45, 2.75) is 0 Å². The number of imide groups is 2. The zero-order valence-electron chi connectivity index (χ0n) is 24.9. The molecule has 0 saturated carbocycles. The van der Waals surface area contributed by atoms with Crippen molar-refractivity contribution in [1.29, 1.82) is 0 Å². The maximum atomic E-state index is 13.6. The standard InChI is InChI=1S/C34H24F2N4O6S2/c35-21-9-13-23(14-10-21)37-33(45-19-17-39-29(41)25-5-1-2-6-26(25)30(39)42)47-48-34(38-24-15-11-22(36)12-16-24)46-20-18-40-31(43)27-7-3-4-8-28(27)32(40)44/h1-16H,17-20H2. The molecule has 0 N–H and O–H groups in total. The Morgan fingerprint density at radius 1 is 0.521 bits per heavy atom. The van der Waals surface area contributed by atoms with Crippen LogP contribution in [0.5, 0.6) is 0 Å². The lowest BCUT2D eigenvalue weighted by Gasteiger charge is -2.16. The molecule has 0 unspecified atom stereocenters. The van der Waals surface area contributed by atoms with Gasteiger partial charge in [-0.2, -0.15) is 0 Å². The topological polar surface area (TPSA) is 118 Å². The molecule has 2 heterocycles. The number of rotatable bonds is 8. The minimum atomic E-state index is -0.454. The van der Waals surface area contributed by atoms with Gasteiger partial charge in [0.2, 0.25) is 0 Å². The lowest BCUT2D eigenvalue weighted by molar-refractivity contribution is 0.0615. The van der Waals surface area contributed by atoms with Crippen LogP contribution in [0.4, 0.5) is 20.2 Å². The highest BCUT2D eigenvalue weighted by molar-refractivity contribution is 8.87. The summed E-state index contributed by atoms with van der Waals surface area (Å²) in [4.78, 5) is 62.2. The molecular formula is C34H24F2N4O6S2. The maximum absolute atomic E-state index is 13.6. The Morgan fingerprint density at radius 2 is 0.833 bits per heavy atom. The third-order valence-corrected chi connectivity index (χ3v) is 9.01. The van der Waals surface area contributed by atoms with E-state index in [0.29, 0.717) is 33.6 Å². The van der Waals surface area contributed by atoms with Gasteiger partial charge in [0.25, 0.3) is 34.1 Å². The Bertz CT molecular complexity index is 1740. The van der Waals surface area contributed by atoms with Crippen LogP contribution in [0.15, 0.2) is 107 Å². The van der Waals surface area contributed by atoms with E-state index < -0.39 is 35.3 Å². The second-order valence-corrected chi connectivity index (χ2v) is 12.2. The van der Waals surface area contributed by atoms with Crippen LogP contribution >= 0.6 is 21.6 Å². The third-order valence-electron chi connectivity index (χ3n) is 7.12. The smallest absolute Gasteiger partial charge is 0.262 e. The van der Waals surface area contributed by atoms with Gasteiger partial charge < -0.3 is 9.47 Å². The number of ether oxygens (including phenoxy) is 2. The summed E-state index contributed by atoms with van der Waals surface area (Å²) in [5.41, 5.74) is 1.98. The number of carbonyl (C=O) groups excluding carboxylic acids is 4. The average Bonchev–Trinajstić information content (AvgIpc) is 3.49. The van der Waals surface area contributed by atoms with Crippen LogP contribution < -0.4 is 0 Å². The van der Waals surface area contributed by atoms with Gasteiger partial charge >= 0.3 is 0 Å². The summed E-state index contributed by atoms with van der Waals surface area (Å²) >= 11 is 0. The van der Waals surface area contributed by atoms with Crippen molar-refractivity contribution in [1.82, 2.24) is 9.80 Å². The molecule has 0 atom stereocenters. The fourth-order valence-electron chi connectivity index (χ4n) is 4.80. The Balaban J connectivity index is 1.15. The summed E-state index contributed by atoms with van der Waals surface area (Å²) < 4.78 is 38.9. The minimum Gasteiger partial charge on any atom is -0.470 e. The van der Waals surface area contributed by atoms with E-state index in [1.807, 2.05) is 0 Å². The first-order valence-electron chi connectivity index (χ1n) is 14.5. The first-order chi connectivity index (χ1) is 23.3. The van der Waals surface area contributed by atoms with Gasteiger partial charge in [-0.05, 0) is 72.8 Å². The molecule has 4 aromatic rings. The fraction of sp³-hybridized carbons (Fsp3) is 0.118. The lowest BCUT2D eigenvalue weighted by atomic mass is 10.1. The van der Waals surface area contributed by atoms with Crippen LogP contribution in [0.1, 0.15) is 41.4 Å². The van der Waals surface area contributed by atoms with Crippen LogP contribution in [-0.4, -0.2) is 70.2 Å². The minimum absolute atomic E-state index is 0.0622. The van der Waals surface area contributed by atoms with Crippen molar-refractivity contribution in [3.8, 4) is 0 Å². The zero-order valence-corrected chi connectivity index (χ0v) is 26.5. The summed E-state index contributed by atoms with van der Waals surface area (Å²) in [5, 5.41) is 0.137. The number of fused-ring (bicyclic) bond motifs is 2. The van der Waals surface area contributed by atoms with Gasteiger partial charge in [-0.1, -0.05) is 24.3 Å². The second kappa shape index (κ2) is 14.6. The van der Waals surface area contributed by atoms with Crippen molar-refractivity contribution in [2.75, 3.05) is 26.3 Å². The van der Waals surface area contributed by atoms with Gasteiger partial charge in [0, 0.05) is 21.6 Å². The maximum Gasteiger partial charge on any atom is 0.262 e. The average molecular weight is 687 g/mol. The van der Waals surface area contributed by atoms with E-state index >= 15 is 0 Å².